The number of hydrogen-bond acceptors (Lipinski definition) is 8. The van der Waals surface area contributed by atoms with Gasteiger partial charge in [-0.05, 0) is 18.9 Å². The Morgan fingerprint density at radius 1 is 1.22 bits per heavy atom. The Morgan fingerprint density at radius 3 is 2.78 bits per heavy atom. The van der Waals surface area contributed by atoms with Crippen molar-refractivity contribution in [1.29, 1.82) is 0 Å². The van der Waals surface area contributed by atoms with Crippen LogP contribution in [0.2, 0.25) is 0 Å². The van der Waals surface area contributed by atoms with E-state index in [0.29, 0.717) is 23.7 Å². The van der Waals surface area contributed by atoms with Crippen LogP contribution in [0.15, 0.2) is 24.7 Å². The van der Waals surface area contributed by atoms with E-state index in [1.165, 1.54) is 7.11 Å². The van der Waals surface area contributed by atoms with E-state index in [-0.39, 0.29) is 17.5 Å². The number of aromatic nitrogens is 5. The van der Waals surface area contributed by atoms with Gasteiger partial charge in [0.15, 0.2) is 5.65 Å². The van der Waals surface area contributed by atoms with Crippen molar-refractivity contribution in [3.8, 4) is 23.1 Å². The van der Waals surface area contributed by atoms with Gasteiger partial charge in [0.1, 0.15) is 5.69 Å². The third-order valence-electron chi connectivity index (χ3n) is 5.56. The molecule has 1 unspecified atom stereocenters. The average Bonchev–Trinajstić information content (AvgIpc) is 3.19. The largest absolute Gasteiger partial charge is 0.480 e. The fourth-order valence-electron chi connectivity index (χ4n) is 3.83. The summed E-state index contributed by atoms with van der Waals surface area (Å²) in [6, 6.07) is 2.20. The summed E-state index contributed by atoms with van der Waals surface area (Å²) in [6.45, 7) is 1.43. The lowest BCUT2D eigenvalue weighted by molar-refractivity contribution is 0.136. The standard InChI is InChI=1S/C18H20N6O3/c1-26-16-11(8-20-17(21-16)27-2)12-7-13(15-19-5-6-24(15)22-12)23-9-14(25)18(10-23)3-4-18/h5-8,14,25H,3-4,9-10H2,1-2H3. The SMILES string of the molecule is COc1ncc(-c2cc(N3CC(O)C4(CC4)C3)c3nccn3n2)c(OC)n1. The first-order valence-corrected chi connectivity index (χ1v) is 8.86. The molecule has 3 aromatic rings. The van der Waals surface area contributed by atoms with E-state index in [2.05, 4.69) is 25.0 Å². The number of aliphatic hydroxyl groups is 1. The zero-order chi connectivity index (χ0) is 18.6. The highest BCUT2D eigenvalue weighted by Crippen LogP contribution is 2.53. The first-order chi connectivity index (χ1) is 13.1. The van der Waals surface area contributed by atoms with Crippen LogP contribution in [-0.4, -0.2) is 63.1 Å². The second-order valence-electron chi connectivity index (χ2n) is 7.15. The van der Waals surface area contributed by atoms with Gasteiger partial charge in [-0.25, -0.2) is 14.5 Å². The van der Waals surface area contributed by atoms with Crippen LogP contribution in [0.3, 0.4) is 0 Å². The quantitative estimate of drug-likeness (QED) is 0.733. The summed E-state index contributed by atoms with van der Waals surface area (Å²) in [5.41, 5.74) is 3.08. The molecular formula is C18H20N6O3. The molecule has 1 aliphatic heterocycles. The molecule has 1 saturated heterocycles. The predicted octanol–water partition coefficient (Wildman–Crippen LogP) is 1.16. The molecule has 1 aliphatic carbocycles. The van der Waals surface area contributed by atoms with Crippen molar-refractivity contribution < 1.29 is 14.6 Å². The molecule has 140 valence electrons. The lowest BCUT2D eigenvalue weighted by Gasteiger charge is -2.20. The van der Waals surface area contributed by atoms with Crippen LogP contribution in [0.25, 0.3) is 16.9 Å². The van der Waals surface area contributed by atoms with Crippen LogP contribution in [0.1, 0.15) is 12.8 Å². The highest BCUT2D eigenvalue weighted by molar-refractivity contribution is 5.76. The molecule has 0 bridgehead atoms. The molecule has 27 heavy (non-hydrogen) atoms. The summed E-state index contributed by atoms with van der Waals surface area (Å²) in [6.07, 6.45) is 7.01. The van der Waals surface area contributed by atoms with E-state index in [1.54, 1.807) is 30.2 Å². The van der Waals surface area contributed by atoms with E-state index in [9.17, 15) is 5.11 Å². The molecule has 2 aliphatic rings. The van der Waals surface area contributed by atoms with E-state index in [1.807, 2.05) is 6.07 Å². The minimum Gasteiger partial charge on any atom is -0.480 e. The molecule has 2 fully saturated rings. The number of methoxy groups -OCH3 is 2. The van der Waals surface area contributed by atoms with Gasteiger partial charge >= 0.3 is 6.01 Å². The van der Waals surface area contributed by atoms with E-state index >= 15 is 0 Å². The second kappa shape index (κ2) is 5.78. The molecule has 0 amide bonds. The smallest absolute Gasteiger partial charge is 0.319 e. The lowest BCUT2D eigenvalue weighted by Crippen LogP contribution is -2.22. The van der Waals surface area contributed by atoms with Crippen LogP contribution in [0.4, 0.5) is 5.69 Å². The number of fused-ring (bicyclic) bond motifs is 1. The highest BCUT2D eigenvalue weighted by atomic mass is 16.5. The van der Waals surface area contributed by atoms with Gasteiger partial charge in [0.25, 0.3) is 0 Å². The van der Waals surface area contributed by atoms with Gasteiger partial charge in [0.05, 0.1) is 31.6 Å². The van der Waals surface area contributed by atoms with Gasteiger partial charge in [0, 0.05) is 37.1 Å². The third kappa shape index (κ3) is 2.49. The van der Waals surface area contributed by atoms with Crippen LogP contribution < -0.4 is 14.4 Å². The van der Waals surface area contributed by atoms with Gasteiger partial charge in [-0.15, -0.1) is 0 Å². The van der Waals surface area contributed by atoms with Crippen molar-refractivity contribution in [1.82, 2.24) is 24.6 Å². The summed E-state index contributed by atoms with van der Waals surface area (Å²) in [4.78, 5) is 15.1. The first kappa shape index (κ1) is 16.2. The van der Waals surface area contributed by atoms with E-state index < -0.39 is 0 Å². The number of hydrogen-bond donors (Lipinski definition) is 1. The van der Waals surface area contributed by atoms with Gasteiger partial charge < -0.3 is 19.5 Å². The first-order valence-electron chi connectivity index (χ1n) is 8.86. The number of anilines is 1. The molecule has 9 nitrogen and oxygen atoms in total. The maximum atomic E-state index is 10.5. The maximum Gasteiger partial charge on any atom is 0.319 e. The summed E-state index contributed by atoms with van der Waals surface area (Å²) in [5.74, 6) is 0.389. The molecule has 1 saturated carbocycles. The van der Waals surface area contributed by atoms with Crippen molar-refractivity contribution in [2.75, 3.05) is 32.2 Å². The van der Waals surface area contributed by atoms with Crippen LogP contribution in [-0.2, 0) is 0 Å². The molecule has 1 spiro atoms. The molecule has 0 aromatic carbocycles. The van der Waals surface area contributed by atoms with Crippen molar-refractivity contribution >= 4 is 11.3 Å². The molecule has 1 N–H and O–H groups in total. The Hall–Kier alpha value is -2.94. The zero-order valence-corrected chi connectivity index (χ0v) is 15.2. The Labute approximate surface area is 155 Å². The monoisotopic (exact) mass is 368 g/mol. The normalized spacial score (nSPS) is 20.4. The van der Waals surface area contributed by atoms with Crippen molar-refractivity contribution in [2.24, 2.45) is 5.41 Å². The number of imidazole rings is 1. The fraction of sp³-hybridized carbons (Fsp3) is 0.444. The number of β-amino-alcohol motifs (C(OH)–C–C–N with tert-alkyl or cyclic N) is 1. The number of ether oxygens (including phenoxy) is 2. The third-order valence-corrected chi connectivity index (χ3v) is 5.56. The van der Waals surface area contributed by atoms with E-state index in [4.69, 9.17) is 9.47 Å². The molecular weight excluding hydrogens is 348 g/mol. The Morgan fingerprint density at radius 2 is 2.07 bits per heavy atom. The van der Waals surface area contributed by atoms with Crippen molar-refractivity contribution in [3.63, 3.8) is 0 Å². The molecule has 0 radical (unpaired) electrons. The second-order valence-corrected chi connectivity index (χ2v) is 7.15. The Kier molecular flexibility index (Phi) is 3.48. The van der Waals surface area contributed by atoms with Crippen LogP contribution in [0, 0.1) is 5.41 Å². The molecule has 9 heteroatoms. The van der Waals surface area contributed by atoms with Crippen molar-refractivity contribution in [2.45, 2.75) is 18.9 Å². The van der Waals surface area contributed by atoms with Gasteiger partial charge in [0.2, 0.25) is 5.88 Å². The Balaban J connectivity index is 1.63. The van der Waals surface area contributed by atoms with Crippen LogP contribution in [0.5, 0.6) is 11.9 Å². The summed E-state index contributed by atoms with van der Waals surface area (Å²) in [7, 11) is 3.06. The summed E-state index contributed by atoms with van der Waals surface area (Å²) in [5, 5.41) is 15.1. The number of nitrogens with zero attached hydrogens (tertiary/aromatic N) is 6. The minimum absolute atomic E-state index is 0.0495. The van der Waals surface area contributed by atoms with E-state index in [0.717, 1.165) is 30.7 Å². The Bertz CT molecular complexity index is 1020. The topological polar surface area (TPSA) is 97.9 Å². The van der Waals surface area contributed by atoms with Gasteiger partial charge in [-0.1, -0.05) is 0 Å². The lowest BCUT2D eigenvalue weighted by atomic mass is 10.0. The minimum atomic E-state index is -0.303. The zero-order valence-electron chi connectivity index (χ0n) is 15.2. The number of aliphatic hydroxyl groups excluding tert-OH is 1. The number of rotatable bonds is 4. The highest BCUT2D eigenvalue weighted by Gasteiger charge is 2.54. The summed E-state index contributed by atoms with van der Waals surface area (Å²) >= 11 is 0. The van der Waals surface area contributed by atoms with Gasteiger partial charge in [-0.3, -0.25) is 0 Å². The summed E-state index contributed by atoms with van der Waals surface area (Å²) < 4.78 is 12.2. The molecule has 5 rings (SSSR count). The maximum absolute atomic E-state index is 10.5. The molecule has 1 atom stereocenters. The molecule has 4 heterocycles. The fourth-order valence-corrected chi connectivity index (χ4v) is 3.83. The van der Waals surface area contributed by atoms with Gasteiger partial charge in [-0.2, -0.15) is 10.1 Å². The average molecular weight is 368 g/mol. The van der Waals surface area contributed by atoms with Crippen LogP contribution >= 0.6 is 0 Å². The predicted molar refractivity (Wildman–Crippen MR) is 97.0 cm³/mol. The molecule has 3 aromatic heterocycles. The van der Waals surface area contributed by atoms with Crippen molar-refractivity contribution in [3.05, 3.63) is 24.7 Å².